The second-order valence-electron chi connectivity index (χ2n) is 5.48. The molecule has 0 aliphatic carbocycles. The van der Waals surface area contributed by atoms with Crippen molar-refractivity contribution in [2.75, 3.05) is 20.1 Å². The first-order chi connectivity index (χ1) is 10.2. The third-order valence-corrected chi connectivity index (χ3v) is 4.15. The highest BCUT2D eigenvalue weighted by atomic mass is 19.1. The molecule has 2 heterocycles. The molecule has 21 heavy (non-hydrogen) atoms. The van der Waals surface area contributed by atoms with Crippen LogP contribution >= 0.6 is 0 Å². The van der Waals surface area contributed by atoms with Gasteiger partial charge in [0.15, 0.2) is 0 Å². The quantitative estimate of drug-likeness (QED) is 0.922. The minimum atomic E-state index is -0.349. The van der Waals surface area contributed by atoms with Gasteiger partial charge in [0.2, 0.25) is 0 Å². The number of piperidine rings is 1. The fourth-order valence-electron chi connectivity index (χ4n) is 2.84. The Morgan fingerprint density at radius 2 is 2.14 bits per heavy atom. The SMILES string of the molecule is CNC1CCN(Cn2c(=O)cnc3ccc(F)cc32)CC1. The van der Waals surface area contributed by atoms with Gasteiger partial charge in [-0.3, -0.25) is 14.3 Å². The van der Waals surface area contributed by atoms with Crippen molar-refractivity contribution in [1.82, 2.24) is 19.8 Å². The van der Waals surface area contributed by atoms with E-state index in [0.29, 0.717) is 23.7 Å². The van der Waals surface area contributed by atoms with Gasteiger partial charge >= 0.3 is 0 Å². The molecule has 1 N–H and O–H groups in total. The Balaban J connectivity index is 1.88. The number of nitrogens with one attached hydrogen (secondary N) is 1. The van der Waals surface area contributed by atoms with Gasteiger partial charge in [0.05, 0.1) is 23.9 Å². The van der Waals surface area contributed by atoms with Crippen LogP contribution in [0, 0.1) is 5.82 Å². The van der Waals surface area contributed by atoms with Gasteiger partial charge in [-0.15, -0.1) is 0 Å². The molecule has 112 valence electrons. The van der Waals surface area contributed by atoms with Crippen LogP contribution < -0.4 is 10.9 Å². The van der Waals surface area contributed by atoms with Gasteiger partial charge < -0.3 is 5.32 Å². The van der Waals surface area contributed by atoms with E-state index >= 15 is 0 Å². The van der Waals surface area contributed by atoms with Crippen molar-refractivity contribution in [1.29, 1.82) is 0 Å². The highest BCUT2D eigenvalue weighted by Gasteiger charge is 2.18. The topological polar surface area (TPSA) is 50.2 Å². The molecule has 3 rings (SSSR count). The lowest BCUT2D eigenvalue weighted by Gasteiger charge is -2.32. The number of rotatable bonds is 3. The number of hydrogen-bond donors (Lipinski definition) is 1. The van der Waals surface area contributed by atoms with Crippen LogP contribution in [0.2, 0.25) is 0 Å². The molecule has 1 aliphatic rings. The van der Waals surface area contributed by atoms with Gasteiger partial charge in [-0.05, 0) is 38.1 Å². The molecule has 5 nitrogen and oxygen atoms in total. The van der Waals surface area contributed by atoms with Gasteiger partial charge in [0.25, 0.3) is 5.56 Å². The summed E-state index contributed by atoms with van der Waals surface area (Å²) < 4.78 is 15.1. The second kappa shape index (κ2) is 5.91. The number of fused-ring (bicyclic) bond motifs is 1. The Hall–Kier alpha value is -1.79. The van der Waals surface area contributed by atoms with Crippen molar-refractivity contribution >= 4 is 11.0 Å². The zero-order valence-electron chi connectivity index (χ0n) is 12.1. The van der Waals surface area contributed by atoms with Crippen molar-refractivity contribution in [2.24, 2.45) is 0 Å². The minimum Gasteiger partial charge on any atom is -0.317 e. The summed E-state index contributed by atoms with van der Waals surface area (Å²) in [6.45, 7) is 2.34. The fraction of sp³-hybridized carbons (Fsp3) is 0.467. The lowest BCUT2D eigenvalue weighted by atomic mass is 10.1. The molecule has 0 amide bonds. The van der Waals surface area contributed by atoms with Crippen molar-refractivity contribution in [3.63, 3.8) is 0 Å². The molecule has 0 saturated carbocycles. The standard InChI is InChI=1S/C15H19FN4O/c1-17-12-4-6-19(7-5-12)10-20-14-8-11(16)2-3-13(14)18-9-15(20)21/h2-3,8-9,12,17H,4-7,10H2,1H3. The van der Waals surface area contributed by atoms with E-state index in [1.165, 1.54) is 18.3 Å². The summed E-state index contributed by atoms with van der Waals surface area (Å²) in [5.74, 6) is -0.349. The van der Waals surface area contributed by atoms with E-state index in [4.69, 9.17) is 0 Å². The molecule has 0 atom stereocenters. The summed E-state index contributed by atoms with van der Waals surface area (Å²) in [6, 6.07) is 4.89. The van der Waals surface area contributed by atoms with Crippen molar-refractivity contribution < 1.29 is 4.39 Å². The molecule has 1 aliphatic heterocycles. The number of nitrogens with zero attached hydrogens (tertiary/aromatic N) is 3. The molecule has 1 saturated heterocycles. The molecule has 0 bridgehead atoms. The van der Waals surface area contributed by atoms with Crippen LogP contribution in [0.25, 0.3) is 11.0 Å². The lowest BCUT2D eigenvalue weighted by Crippen LogP contribution is -2.43. The first kappa shape index (κ1) is 14.2. The van der Waals surface area contributed by atoms with E-state index in [2.05, 4.69) is 15.2 Å². The summed E-state index contributed by atoms with van der Waals surface area (Å²) in [4.78, 5) is 18.4. The van der Waals surface area contributed by atoms with E-state index in [-0.39, 0.29) is 11.4 Å². The molecule has 1 aromatic carbocycles. The Kier molecular flexibility index (Phi) is 3.98. The van der Waals surface area contributed by atoms with Crippen LogP contribution in [-0.2, 0) is 6.67 Å². The molecule has 0 radical (unpaired) electrons. The van der Waals surface area contributed by atoms with Gasteiger partial charge in [-0.1, -0.05) is 0 Å². The maximum atomic E-state index is 13.5. The first-order valence-corrected chi connectivity index (χ1v) is 7.22. The number of halogens is 1. The normalized spacial score (nSPS) is 17.4. The third-order valence-electron chi connectivity index (χ3n) is 4.15. The lowest BCUT2D eigenvalue weighted by molar-refractivity contribution is 0.162. The molecule has 6 heteroatoms. The Labute approximate surface area is 122 Å². The molecular formula is C15H19FN4O. The van der Waals surface area contributed by atoms with Crippen LogP contribution in [0.15, 0.2) is 29.2 Å². The maximum Gasteiger partial charge on any atom is 0.270 e. The summed E-state index contributed by atoms with van der Waals surface area (Å²) in [6.07, 6.45) is 3.42. The van der Waals surface area contributed by atoms with Crippen LogP contribution in [-0.4, -0.2) is 40.6 Å². The van der Waals surface area contributed by atoms with Gasteiger partial charge in [-0.25, -0.2) is 9.37 Å². The molecule has 0 spiro atoms. The smallest absolute Gasteiger partial charge is 0.270 e. The number of benzene rings is 1. The van der Waals surface area contributed by atoms with Gasteiger partial charge in [-0.2, -0.15) is 0 Å². The molecule has 1 fully saturated rings. The van der Waals surface area contributed by atoms with Crippen molar-refractivity contribution in [2.45, 2.75) is 25.6 Å². The van der Waals surface area contributed by atoms with Crippen LogP contribution in [0.4, 0.5) is 4.39 Å². The zero-order chi connectivity index (χ0) is 14.8. The van der Waals surface area contributed by atoms with E-state index in [9.17, 15) is 9.18 Å². The summed E-state index contributed by atoms with van der Waals surface area (Å²) in [7, 11) is 1.98. The molecule has 1 aromatic heterocycles. The molecular weight excluding hydrogens is 271 g/mol. The number of aromatic nitrogens is 2. The highest BCUT2D eigenvalue weighted by Crippen LogP contribution is 2.14. The number of hydrogen-bond acceptors (Lipinski definition) is 4. The highest BCUT2D eigenvalue weighted by molar-refractivity contribution is 5.74. The van der Waals surface area contributed by atoms with Gasteiger partial charge in [0, 0.05) is 19.1 Å². The van der Waals surface area contributed by atoms with E-state index < -0.39 is 0 Å². The Morgan fingerprint density at radius 3 is 2.86 bits per heavy atom. The molecule has 2 aromatic rings. The average molecular weight is 290 g/mol. The van der Waals surface area contributed by atoms with E-state index in [1.54, 1.807) is 10.6 Å². The van der Waals surface area contributed by atoms with E-state index in [0.717, 1.165) is 25.9 Å². The maximum absolute atomic E-state index is 13.5. The predicted molar refractivity (Wildman–Crippen MR) is 79.6 cm³/mol. The Bertz CT molecular complexity index is 692. The fourth-order valence-corrected chi connectivity index (χ4v) is 2.84. The first-order valence-electron chi connectivity index (χ1n) is 7.22. The van der Waals surface area contributed by atoms with Crippen molar-refractivity contribution in [3.05, 3.63) is 40.6 Å². The van der Waals surface area contributed by atoms with E-state index in [1.807, 2.05) is 7.05 Å². The largest absolute Gasteiger partial charge is 0.317 e. The predicted octanol–water partition coefficient (Wildman–Crippen LogP) is 1.18. The van der Waals surface area contributed by atoms with Crippen LogP contribution in [0.3, 0.4) is 0 Å². The monoisotopic (exact) mass is 290 g/mol. The Morgan fingerprint density at radius 1 is 1.38 bits per heavy atom. The van der Waals surface area contributed by atoms with Crippen molar-refractivity contribution in [3.8, 4) is 0 Å². The van der Waals surface area contributed by atoms with Gasteiger partial charge in [0.1, 0.15) is 5.82 Å². The summed E-state index contributed by atoms with van der Waals surface area (Å²) in [5, 5.41) is 3.28. The number of likely N-dealkylation sites (tertiary alicyclic amines) is 1. The summed E-state index contributed by atoms with van der Waals surface area (Å²) >= 11 is 0. The molecule has 0 unspecified atom stereocenters. The zero-order valence-corrected chi connectivity index (χ0v) is 12.1. The van der Waals surface area contributed by atoms with Crippen LogP contribution in [0.1, 0.15) is 12.8 Å². The second-order valence-corrected chi connectivity index (χ2v) is 5.48. The summed E-state index contributed by atoms with van der Waals surface area (Å²) in [5.41, 5.74) is 1.00. The third kappa shape index (κ3) is 2.96. The minimum absolute atomic E-state index is 0.191. The van der Waals surface area contributed by atoms with Crippen LogP contribution in [0.5, 0.6) is 0 Å². The average Bonchev–Trinajstić information content (AvgIpc) is 2.51.